The Hall–Kier alpha value is -2.09. The third-order valence-electron chi connectivity index (χ3n) is 3.16. The van der Waals surface area contributed by atoms with E-state index in [0.717, 1.165) is 12.1 Å². The van der Waals surface area contributed by atoms with E-state index in [1.807, 2.05) is 0 Å². The molecular weight excluding hydrogens is 408 g/mol. The smallest absolute Gasteiger partial charge is 0.282 e. The molecule has 0 amide bonds. The molecule has 2 aromatic carbocycles. The second kappa shape index (κ2) is 6.90. The highest BCUT2D eigenvalue weighted by Crippen LogP contribution is 2.32. The predicted molar refractivity (Wildman–Crippen MR) is 91.3 cm³/mol. The molecule has 0 bridgehead atoms. The molecule has 26 heavy (non-hydrogen) atoms. The highest BCUT2D eigenvalue weighted by atomic mass is 32.2. The first-order valence-corrected chi connectivity index (χ1v) is 11.0. The minimum Gasteiger partial charge on any atom is -0.282 e. The molecule has 0 aliphatic carbocycles. The summed E-state index contributed by atoms with van der Waals surface area (Å²) in [6.07, 6.45) is 2.46. The zero-order valence-electron chi connectivity index (χ0n) is 12.7. The van der Waals surface area contributed by atoms with Crippen molar-refractivity contribution in [1.29, 1.82) is 0 Å². The highest BCUT2D eigenvalue weighted by Gasteiger charge is 2.34. The Balaban J connectivity index is 2.90. The van der Waals surface area contributed by atoms with Gasteiger partial charge in [-0.1, -0.05) is 48.6 Å². The van der Waals surface area contributed by atoms with Crippen molar-refractivity contribution in [2.75, 3.05) is 0 Å². The predicted octanol–water partition coefficient (Wildman–Crippen LogP) is 1.60. The summed E-state index contributed by atoms with van der Waals surface area (Å²) in [4.78, 5) is -4.40. The molecule has 2 aromatic rings. The van der Waals surface area contributed by atoms with Gasteiger partial charge in [0.2, 0.25) is 0 Å². The van der Waals surface area contributed by atoms with Gasteiger partial charge in [-0.15, -0.1) is 0 Å². The van der Waals surface area contributed by atoms with Gasteiger partial charge < -0.3 is 0 Å². The molecule has 140 valence electrons. The lowest BCUT2D eigenvalue weighted by molar-refractivity contribution is 0.455. The lowest BCUT2D eigenvalue weighted by Gasteiger charge is -2.11. The number of benzene rings is 2. The van der Waals surface area contributed by atoms with E-state index >= 15 is 0 Å². The zero-order chi connectivity index (χ0) is 19.8. The van der Waals surface area contributed by atoms with Crippen LogP contribution >= 0.6 is 0 Å². The summed E-state index contributed by atoms with van der Waals surface area (Å²) in [6.45, 7) is 0. The van der Waals surface area contributed by atoms with E-state index in [9.17, 15) is 34.4 Å². The Morgan fingerprint density at radius 3 is 1.62 bits per heavy atom. The van der Waals surface area contributed by atoms with E-state index in [-0.39, 0.29) is 0 Å². The van der Waals surface area contributed by atoms with Gasteiger partial charge in [-0.2, -0.15) is 25.3 Å². The Morgan fingerprint density at radius 2 is 1.15 bits per heavy atom. The van der Waals surface area contributed by atoms with Crippen molar-refractivity contribution in [3.8, 4) is 0 Å². The van der Waals surface area contributed by atoms with Crippen LogP contribution in [0, 0.1) is 0 Å². The van der Waals surface area contributed by atoms with Crippen LogP contribution in [-0.2, 0) is 30.4 Å². The normalized spacial score (nSPS) is 13.2. The zero-order valence-corrected chi connectivity index (χ0v) is 15.2. The first-order chi connectivity index (χ1) is 11.8. The molecule has 0 aliphatic heterocycles. The average molecular weight is 420 g/mol. The summed E-state index contributed by atoms with van der Waals surface area (Å²) in [5.41, 5.74) is 0.164. The van der Waals surface area contributed by atoms with Gasteiger partial charge >= 0.3 is 0 Å². The Morgan fingerprint density at radius 1 is 0.615 bits per heavy atom. The second-order valence-electron chi connectivity index (χ2n) is 4.98. The number of hydrogen-bond acceptors (Lipinski definition) is 6. The molecular formula is C14H12O9S3. The fraction of sp³-hybridized carbons (Fsp3) is 0. The molecule has 0 saturated heterocycles. The Labute approximate surface area is 149 Å². The van der Waals surface area contributed by atoms with Crippen molar-refractivity contribution in [3.05, 3.63) is 53.6 Å². The van der Waals surface area contributed by atoms with E-state index in [1.54, 1.807) is 30.3 Å². The highest BCUT2D eigenvalue weighted by molar-refractivity contribution is 7.90. The second-order valence-corrected chi connectivity index (χ2v) is 9.09. The third-order valence-corrected chi connectivity index (χ3v) is 6.21. The Bertz CT molecular complexity index is 1180. The molecule has 0 saturated carbocycles. The van der Waals surface area contributed by atoms with Gasteiger partial charge in [0.05, 0.1) is 0 Å². The van der Waals surface area contributed by atoms with Crippen LogP contribution in [-0.4, -0.2) is 38.9 Å². The Kier molecular flexibility index (Phi) is 5.37. The van der Waals surface area contributed by atoms with E-state index in [1.165, 1.54) is 6.08 Å². The van der Waals surface area contributed by atoms with Gasteiger partial charge in [-0.25, -0.2) is 0 Å². The first kappa shape index (κ1) is 20.2. The van der Waals surface area contributed by atoms with E-state index in [0.29, 0.717) is 11.6 Å². The van der Waals surface area contributed by atoms with Gasteiger partial charge in [0.15, 0.2) is 0 Å². The van der Waals surface area contributed by atoms with Crippen LogP contribution in [0.25, 0.3) is 12.2 Å². The minimum atomic E-state index is -5.45. The SMILES string of the molecule is O=S(=O)(O)c1ccc(C=Cc2ccccc2)c(S(=O)(=O)O)c1S(=O)(=O)O. The van der Waals surface area contributed by atoms with Crippen LogP contribution in [0.4, 0.5) is 0 Å². The van der Waals surface area contributed by atoms with Crippen molar-refractivity contribution < 1.29 is 38.9 Å². The van der Waals surface area contributed by atoms with Gasteiger partial charge in [0, 0.05) is 0 Å². The summed E-state index contributed by atoms with van der Waals surface area (Å²) in [7, 11) is -16.0. The van der Waals surface area contributed by atoms with Gasteiger partial charge in [-0.05, 0) is 17.2 Å². The first-order valence-electron chi connectivity index (χ1n) is 6.64. The maximum Gasteiger partial charge on any atom is 0.297 e. The number of hydrogen-bond donors (Lipinski definition) is 3. The van der Waals surface area contributed by atoms with Crippen LogP contribution in [0.3, 0.4) is 0 Å². The molecule has 2 rings (SSSR count). The molecule has 3 N–H and O–H groups in total. The van der Waals surface area contributed by atoms with Crippen molar-refractivity contribution in [2.45, 2.75) is 14.7 Å². The van der Waals surface area contributed by atoms with E-state index in [4.69, 9.17) is 4.55 Å². The van der Waals surface area contributed by atoms with Crippen LogP contribution in [0.1, 0.15) is 11.1 Å². The molecule has 9 nitrogen and oxygen atoms in total. The molecule has 0 fully saturated rings. The van der Waals surface area contributed by atoms with Crippen LogP contribution in [0.2, 0.25) is 0 Å². The summed E-state index contributed by atoms with van der Waals surface area (Å²) in [5, 5.41) is 0. The maximum absolute atomic E-state index is 11.7. The summed E-state index contributed by atoms with van der Waals surface area (Å²) in [5.74, 6) is 0. The number of rotatable bonds is 5. The van der Waals surface area contributed by atoms with Gasteiger partial charge in [0.25, 0.3) is 30.4 Å². The fourth-order valence-corrected chi connectivity index (χ4v) is 5.51. The molecule has 12 heteroatoms. The third kappa shape index (κ3) is 4.55. The standard InChI is InChI=1S/C14H12O9S3/c15-24(16,17)12-9-8-11(7-6-10-4-2-1-3-5-10)13(25(18,19)20)14(12)26(21,22)23/h1-9H,(H,15,16,17)(H,18,19,20)(H,21,22,23). The van der Waals surface area contributed by atoms with Crippen molar-refractivity contribution in [1.82, 2.24) is 0 Å². The van der Waals surface area contributed by atoms with Crippen LogP contribution in [0.15, 0.2) is 57.2 Å². The van der Waals surface area contributed by atoms with Crippen LogP contribution in [0.5, 0.6) is 0 Å². The molecule has 0 radical (unpaired) electrons. The molecule has 0 atom stereocenters. The quantitative estimate of drug-likeness (QED) is 0.481. The lowest BCUT2D eigenvalue weighted by atomic mass is 10.1. The molecule has 0 heterocycles. The van der Waals surface area contributed by atoms with Crippen molar-refractivity contribution >= 4 is 42.5 Å². The minimum absolute atomic E-state index is 0.420. The van der Waals surface area contributed by atoms with Gasteiger partial charge in [-0.3, -0.25) is 13.7 Å². The topological polar surface area (TPSA) is 163 Å². The lowest BCUT2D eigenvalue weighted by Crippen LogP contribution is -2.15. The maximum atomic E-state index is 11.7. The van der Waals surface area contributed by atoms with E-state index in [2.05, 4.69) is 0 Å². The monoisotopic (exact) mass is 420 g/mol. The summed E-state index contributed by atoms with van der Waals surface area (Å²) >= 11 is 0. The fourth-order valence-electron chi connectivity index (χ4n) is 2.15. The van der Waals surface area contributed by atoms with Crippen molar-refractivity contribution in [3.63, 3.8) is 0 Å². The average Bonchev–Trinajstić information content (AvgIpc) is 2.50. The summed E-state index contributed by atoms with van der Waals surface area (Å²) in [6, 6.07) is 9.80. The molecule has 0 spiro atoms. The summed E-state index contributed by atoms with van der Waals surface area (Å²) < 4.78 is 97.0. The molecule has 0 aromatic heterocycles. The largest absolute Gasteiger partial charge is 0.297 e. The van der Waals surface area contributed by atoms with Crippen molar-refractivity contribution in [2.24, 2.45) is 0 Å². The van der Waals surface area contributed by atoms with E-state index < -0.39 is 50.6 Å². The molecule has 0 aliphatic rings. The van der Waals surface area contributed by atoms with Crippen LogP contribution < -0.4 is 0 Å². The molecule has 0 unspecified atom stereocenters. The van der Waals surface area contributed by atoms with Gasteiger partial charge in [0.1, 0.15) is 14.7 Å².